The number of halogens is 2. The molecule has 9 heteroatoms. The van der Waals surface area contributed by atoms with Crippen LogP contribution >= 0.6 is 0 Å². The molecular weight excluding hydrogens is 390 g/mol. The van der Waals surface area contributed by atoms with Gasteiger partial charge in [0.05, 0.1) is 5.69 Å². The number of hydrogen-bond donors (Lipinski definition) is 1. The normalized spacial score (nSPS) is 17.1. The van der Waals surface area contributed by atoms with Crippen LogP contribution in [0.2, 0.25) is 0 Å². The predicted molar refractivity (Wildman–Crippen MR) is 109 cm³/mol. The molecule has 7 nitrogen and oxygen atoms in total. The quantitative estimate of drug-likeness (QED) is 0.798. The topological polar surface area (TPSA) is 94.8 Å². The third-order valence-electron chi connectivity index (χ3n) is 5.03. The van der Waals surface area contributed by atoms with Gasteiger partial charge in [-0.2, -0.15) is 8.78 Å². The fraction of sp³-hybridized carbons (Fsp3) is 0.476. The molecule has 1 N–H and O–H groups in total. The first-order chi connectivity index (χ1) is 14.3. The molecule has 1 spiro atoms. The number of carbonyl (C=O) groups is 1. The van der Waals surface area contributed by atoms with Crippen LogP contribution in [0.3, 0.4) is 0 Å². The molecule has 2 fully saturated rings. The van der Waals surface area contributed by atoms with Gasteiger partial charge < -0.3 is 10.2 Å². The number of carbonyl (C=O) groups excluding carboxylic acids is 1. The molecule has 0 unspecified atom stereocenters. The van der Waals surface area contributed by atoms with Crippen molar-refractivity contribution in [1.82, 2.24) is 15.0 Å². The zero-order valence-corrected chi connectivity index (χ0v) is 17.0. The summed E-state index contributed by atoms with van der Waals surface area (Å²) in [5.41, 5.74) is 1.93. The van der Waals surface area contributed by atoms with Crippen molar-refractivity contribution >= 4 is 23.2 Å². The first kappa shape index (κ1) is 21.6. The van der Waals surface area contributed by atoms with Crippen molar-refractivity contribution in [1.29, 1.82) is 5.26 Å². The number of nitrogens with zero attached hydrogens (tertiary/aromatic N) is 5. The van der Waals surface area contributed by atoms with Crippen molar-refractivity contribution < 1.29 is 13.6 Å². The van der Waals surface area contributed by atoms with E-state index in [2.05, 4.69) is 26.8 Å². The molecule has 2 aromatic heterocycles. The molecule has 0 radical (unpaired) electrons. The maximum Gasteiger partial charge on any atom is 0.303 e. The third kappa shape index (κ3) is 4.70. The molecule has 5 rings (SSSR count). The summed E-state index contributed by atoms with van der Waals surface area (Å²) in [6, 6.07) is 3.40. The van der Waals surface area contributed by atoms with Gasteiger partial charge in [-0.25, -0.2) is 20.2 Å². The zero-order valence-electron chi connectivity index (χ0n) is 17.0. The van der Waals surface area contributed by atoms with Gasteiger partial charge in [0.25, 0.3) is 0 Å². The SMILES string of the molecule is C#N.C1CC1.CC(=O)Nc1cc2c(cn1)C1(CC1)CN2c1ccnc(C(C)(F)F)n1. The van der Waals surface area contributed by atoms with Gasteiger partial charge >= 0.3 is 5.92 Å². The summed E-state index contributed by atoms with van der Waals surface area (Å²) in [7, 11) is 0. The molecule has 0 aromatic carbocycles. The molecule has 3 aliphatic rings. The van der Waals surface area contributed by atoms with Crippen LogP contribution in [0.1, 0.15) is 57.3 Å². The maximum atomic E-state index is 13.6. The number of nitrogens with one attached hydrogen (secondary N) is 1. The van der Waals surface area contributed by atoms with Crippen LogP contribution in [0.25, 0.3) is 0 Å². The highest BCUT2D eigenvalue weighted by Gasteiger charge is 2.52. The number of rotatable bonds is 3. The van der Waals surface area contributed by atoms with E-state index in [1.165, 1.54) is 32.4 Å². The molecule has 0 atom stereocenters. The summed E-state index contributed by atoms with van der Waals surface area (Å²) in [5, 5.41) is 9.16. The van der Waals surface area contributed by atoms with E-state index < -0.39 is 11.7 Å². The molecule has 0 bridgehead atoms. The zero-order chi connectivity index (χ0) is 21.9. The molecule has 30 heavy (non-hydrogen) atoms. The average Bonchev–Trinajstić information content (AvgIpc) is 3.61. The fourth-order valence-electron chi connectivity index (χ4n) is 3.29. The Hall–Kier alpha value is -3.15. The second-order valence-electron chi connectivity index (χ2n) is 7.82. The van der Waals surface area contributed by atoms with Crippen LogP contribution in [0.4, 0.5) is 26.1 Å². The lowest BCUT2D eigenvalue weighted by atomic mass is 10.0. The monoisotopic (exact) mass is 414 g/mol. The van der Waals surface area contributed by atoms with Crippen LogP contribution in [0.5, 0.6) is 0 Å². The van der Waals surface area contributed by atoms with E-state index in [9.17, 15) is 13.6 Å². The van der Waals surface area contributed by atoms with Gasteiger partial charge in [0, 0.05) is 56.4 Å². The van der Waals surface area contributed by atoms with Gasteiger partial charge in [0.15, 0.2) is 0 Å². The van der Waals surface area contributed by atoms with Gasteiger partial charge in [0.2, 0.25) is 11.7 Å². The first-order valence-corrected chi connectivity index (χ1v) is 9.81. The Kier molecular flexibility index (Phi) is 5.97. The van der Waals surface area contributed by atoms with Crippen LogP contribution in [-0.2, 0) is 16.1 Å². The van der Waals surface area contributed by atoms with Crippen molar-refractivity contribution in [3.05, 3.63) is 35.9 Å². The molecule has 158 valence electrons. The van der Waals surface area contributed by atoms with E-state index >= 15 is 0 Å². The minimum absolute atomic E-state index is 0.0108. The van der Waals surface area contributed by atoms with Crippen molar-refractivity contribution in [2.45, 2.75) is 57.3 Å². The number of hydrogen-bond acceptors (Lipinski definition) is 6. The van der Waals surface area contributed by atoms with Gasteiger partial charge in [-0.3, -0.25) is 4.79 Å². The Morgan fingerprint density at radius 1 is 1.27 bits per heavy atom. The summed E-state index contributed by atoms with van der Waals surface area (Å²) >= 11 is 0. The Morgan fingerprint density at radius 3 is 2.47 bits per heavy atom. The lowest BCUT2D eigenvalue weighted by Gasteiger charge is -2.20. The molecule has 0 saturated heterocycles. The Bertz CT molecular complexity index is 947. The van der Waals surface area contributed by atoms with Crippen LogP contribution in [0.15, 0.2) is 24.5 Å². The van der Waals surface area contributed by atoms with E-state index in [4.69, 9.17) is 5.26 Å². The van der Waals surface area contributed by atoms with Gasteiger partial charge in [-0.15, -0.1) is 0 Å². The highest BCUT2D eigenvalue weighted by atomic mass is 19.3. The van der Waals surface area contributed by atoms with Gasteiger partial charge in [0.1, 0.15) is 11.6 Å². The first-order valence-electron chi connectivity index (χ1n) is 9.81. The summed E-state index contributed by atoms with van der Waals surface area (Å²) in [5.74, 6) is -2.96. The largest absolute Gasteiger partial charge is 0.325 e. The number of pyridine rings is 1. The summed E-state index contributed by atoms with van der Waals surface area (Å²) < 4.78 is 27.2. The Balaban J connectivity index is 0.000000460. The van der Waals surface area contributed by atoms with Crippen LogP contribution < -0.4 is 10.2 Å². The molecule has 2 aromatic rings. The lowest BCUT2D eigenvalue weighted by Crippen LogP contribution is -2.22. The molecule has 2 saturated carbocycles. The molecule has 1 amide bonds. The van der Waals surface area contributed by atoms with Crippen molar-refractivity contribution in [2.24, 2.45) is 0 Å². The van der Waals surface area contributed by atoms with Crippen LogP contribution in [-0.4, -0.2) is 27.4 Å². The minimum Gasteiger partial charge on any atom is -0.325 e. The third-order valence-corrected chi connectivity index (χ3v) is 5.03. The highest BCUT2D eigenvalue weighted by Crippen LogP contribution is 2.58. The molecular formula is C21H24F2N6O. The van der Waals surface area contributed by atoms with E-state index in [1.807, 2.05) is 4.90 Å². The van der Waals surface area contributed by atoms with Gasteiger partial charge in [-0.05, 0) is 18.9 Å². The van der Waals surface area contributed by atoms with E-state index in [1.54, 1.807) is 18.3 Å². The number of amides is 1. The number of anilines is 3. The maximum absolute atomic E-state index is 13.6. The second-order valence-corrected chi connectivity index (χ2v) is 7.82. The predicted octanol–water partition coefficient (Wildman–Crippen LogP) is 4.44. The Labute approximate surface area is 174 Å². The molecule has 3 heterocycles. The van der Waals surface area contributed by atoms with E-state index in [0.29, 0.717) is 18.2 Å². The standard InChI is InChI=1S/C17H17F2N5O.C3H6.CHN/c1-10(25)22-13-7-12-11(8-21-13)17(4-5-17)9-24(12)14-3-6-20-15(23-14)16(2,18)19;1-2-3-1;1-2/h3,6-8H,4-5,9H2,1-2H3,(H,21,22,25);1-3H2;1H. The Morgan fingerprint density at radius 2 is 1.93 bits per heavy atom. The van der Waals surface area contributed by atoms with Crippen molar-refractivity contribution in [3.8, 4) is 6.57 Å². The second kappa shape index (κ2) is 8.30. The number of alkyl halides is 2. The molecule has 1 aliphatic heterocycles. The summed E-state index contributed by atoms with van der Waals surface area (Å²) in [6.45, 7) is 6.36. The van der Waals surface area contributed by atoms with E-state index in [0.717, 1.165) is 31.0 Å². The number of fused-ring (bicyclic) bond motifs is 2. The van der Waals surface area contributed by atoms with Crippen molar-refractivity contribution in [3.63, 3.8) is 0 Å². The lowest BCUT2D eigenvalue weighted by molar-refractivity contribution is -0.114. The van der Waals surface area contributed by atoms with Gasteiger partial charge in [-0.1, -0.05) is 19.3 Å². The number of aromatic nitrogens is 3. The van der Waals surface area contributed by atoms with Crippen LogP contribution in [0, 0.1) is 11.8 Å². The fourth-order valence-corrected chi connectivity index (χ4v) is 3.29. The summed E-state index contributed by atoms with van der Waals surface area (Å²) in [6.07, 6.45) is 9.67. The smallest absolute Gasteiger partial charge is 0.303 e. The summed E-state index contributed by atoms with van der Waals surface area (Å²) in [4.78, 5) is 25.3. The minimum atomic E-state index is -3.10. The van der Waals surface area contributed by atoms with Crippen molar-refractivity contribution in [2.75, 3.05) is 16.8 Å². The number of nitriles is 1. The average molecular weight is 414 g/mol. The molecule has 2 aliphatic carbocycles. The highest BCUT2D eigenvalue weighted by molar-refractivity contribution is 5.89. The van der Waals surface area contributed by atoms with E-state index in [-0.39, 0.29) is 11.3 Å².